The SMILES string of the molecule is NC(C(=O)OCc1ccccc1)C(C(=O)O)n1ccc(-c2ccccc2)c1. The maximum Gasteiger partial charge on any atom is 0.328 e. The predicted molar refractivity (Wildman–Crippen MR) is 101 cm³/mol. The van der Waals surface area contributed by atoms with E-state index in [1.165, 1.54) is 4.57 Å². The van der Waals surface area contributed by atoms with Gasteiger partial charge in [-0.15, -0.1) is 0 Å². The molecule has 0 aliphatic carbocycles. The molecule has 1 aromatic heterocycles. The highest BCUT2D eigenvalue weighted by atomic mass is 16.5. The molecule has 2 atom stereocenters. The minimum Gasteiger partial charge on any atom is -0.480 e. The van der Waals surface area contributed by atoms with Gasteiger partial charge >= 0.3 is 11.9 Å². The molecule has 2 aromatic carbocycles. The van der Waals surface area contributed by atoms with Crippen molar-refractivity contribution in [2.75, 3.05) is 0 Å². The fraction of sp³-hybridized carbons (Fsp3) is 0.143. The number of carbonyl (C=O) groups is 2. The van der Waals surface area contributed by atoms with Gasteiger partial charge in [0.25, 0.3) is 0 Å². The van der Waals surface area contributed by atoms with Crippen LogP contribution in [-0.4, -0.2) is 27.7 Å². The first kappa shape index (κ1) is 18.4. The number of aliphatic carboxylic acids is 1. The maximum absolute atomic E-state index is 12.3. The molecule has 1 heterocycles. The molecule has 3 rings (SSSR count). The second-order valence-corrected chi connectivity index (χ2v) is 6.12. The Kier molecular flexibility index (Phi) is 5.68. The van der Waals surface area contributed by atoms with E-state index in [0.29, 0.717) is 0 Å². The molecule has 0 saturated heterocycles. The number of carboxylic acids is 1. The summed E-state index contributed by atoms with van der Waals surface area (Å²) in [5, 5.41) is 9.60. The van der Waals surface area contributed by atoms with E-state index in [-0.39, 0.29) is 6.61 Å². The molecular weight excluding hydrogens is 344 g/mol. The number of aromatic nitrogens is 1. The Bertz CT molecular complexity index is 906. The summed E-state index contributed by atoms with van der Waals surface area (Å²) in [5.41, 5.74) is 8.52. The Balaban J connectivity index is 1.74. The van der Waals surface area contributed by atoms with Crippen LogP contribution in [0.1, 0.15) is 11.6 Å². The fourth-order valence-electron chi connectivity index (χ4n) is 2.81. The summed E-state index contributed by atoms with van der Waals surface area (Å²) in [6.45, 7) is 0.0423. The van der Waals surface area contributed by atoms with E-state index in [1.54, 1.807) is 18.5 Å². The number of esters is 1. The Morgan fingerprint density at radius 3 is 2.22 bits per heavy atom. The van der Waals surface area contributed by atoms with Crippen LogP contribution in [0.2, 0.25) is 0 Å². The number of carboxylic acid groups (broad SMARTS) is 1. The van der Waals surface area contributed by atoms with E-state index in [4.69, 9.17) is 10.5 Å². The van der Waals surface area contributed by atoms with E-state index in [9.17, 15) is 14.7 Å². The average molecular weight is 364 g/mol. The van der Waals surface area contributed by atoms with E-state index in [0.717, 1.165) is 16.7 Å². The lowest BCUT2D eigenvalue weighted by Gasteiger charge is -2.20. The van der Waals surface area contributed by atoms with Crippen LogP contribution < -0.4 is 5.73 Å². The van der Waals surface area contributed by atoms with Gasteiger partial charge in [-0.05, 0) is 22.8 Å². The van der Waals surface area contributed by atoms with Crippen LogP contribution in [-0.2, 0) is 20.9 Å². The first-order valence-electron chi connectivity index (χ1n) is 8.48. The number of rotatable bonds is 7. The van der Waals surface area contributed by atoms with E-state index < -0.39 is 24.0 Å². The molecule has 0 saturated carbocycles. The molecule has 0 spiro atoms. The molecule has 0 radical (unpaired) electrons. The highest BCUT2D eigenvalue weighted by molar-refractivity contribution is 5.85. The zero-order valence-corrected chi connectivity index (χ0v) is 14.6. The summed E-state index contributed by atoms with van der Waals surface area (Å²) in [4.78, 5) is 24.0. The Hall–Kier alpha value is -3.38. The predicted octanol–water partition coefficient (Wildman–Crippen LogP) is 2.85. The minimum atomic E-state index is -1.33. The van der Waals surface area contributed by atoms with Gasteiger partial charge in [-0.3, -0.25) is 4.79 Å². The first-order valence-corrected chi connectivity index (χ1v) is 8.48. The zero-order valence-electron chi connectivity index (χ0n) is 14.6. The van der Waals surface area contributed by atoms with Crippen molar-refractivity contribution < 1.29 is 19.4 Å². The third-order valence-electron chi connectivity index (χ3n) is 4.23. The quantitative estimate of drug-likeness (QED) is 0.629. The van der Waals surface area contributed by atoms with E-state index in [2.05, 4.69) is 0 Å². The third kappa shape index (κ3) is 4.43. The number of ether oxygens (including phenoxy) is 1. The number of hydrogen-bond donors (Lipinski definition) is 2. The van der Waals surface area contributed by atoms with Gasteiger partial charge in [0.1, 0.15) is 12.6 Å². The molecule has 3 aromatic rings. The Morgan fingerprint density at radius 2 is 1.59 bits per heavy atom. The number of benzene rings is 2. The molecular formula is C21H20N2O4. The van der Waals surface area contributed by atoms with E-state index >= 15 is 0 Å². The summed E-state index contributed by atoms with van der Waals surface area (Å²) < 4.78 is 6.62. The molecule has 6 nitrogen and oxygen atoms in total. The van der Waals surface area contributed by atoms with Crippen LogP contribution in [0.15, 0.2) is 79.1 Å². The van der Waals surface area contributed by atoms with Gasteiger partial charge in [0, 0.05) is 12.4 Å². The summed E-state index contributed by atoms with van der Waals surface area (Å²) in [6.07, 6.45) is 3.27. The lowest BCUT2D eigenvalue weighted by Crippen LogP contribution is -2.44. The summed E-state index contributed by atoms with van der Waals surface area (Å²) in [6, 6.07) is 17.9. The lowest BCUT2D eigenvalue weighted by atomic mass is 10.1. The molecule has 27 heavy (non-hydrogen) atoms. The van der Waals surface area contributed by atoms with Gasteiger partial charge in [0.05, 0.1) is 0 Å². The van der Waals surface area contributed by atoms with Crippen molar-refractivity contribution in [1.82, 2.24) is 4.57 Å². The standard InChI is InChI=1S/C21H20N2O4/c22-18(21(26)27-14-15-7-3-1-4-8-15)19(20(24)25)23-12-11-17(13-23)16-9-5-2-6-10-16/h1-13,18-19H,14,22H2,(H,24,25). The molecule has 138 valence electrons. The van der Waals surface area contributed by atoms with Crippen molar-refractivity contribution in [3.8, 4) is 11.1 Å². The molecule has 0 aliphatic rings. The second-order valence-electron chi connectivity index (χ2n) is 6.12. The van der Waals surface area contributed by atoms with Gasteiger partial charge < -0.3 is 20.1 Å². The number of hydrogen-bond acceptors (Lipinski definition) is 4. The first-order chi connectivity index (χ1) is 13.1. The molecule has 0 fully saturated rings. The van der Waals surface area contributed by atoms with Gasteiger partial charge in [-0.25, -0.2) is 4.79 Å². The summed E-state index contributed by atoms with van der Waals surface area (Å²) >= 11 is 0. The third-order valence-corrected chi connectivity index (χ3v) is 4.23. The lowest BCUT2D eigenvalue weighted by molar-refractivity contribution is -0.153. The monoisotopic (exact) mass is 364 g/mol. The Morgan fingerprint density at radius 1 is 0.963 bits per heavy atom. The molecule has 0 aliphatic heterocycles. The summed E-state index contributed by atoms with van der Waals surface area (Å²) in [7, 11) is 0. The van der Waals surface area contributed by atoms with Gasteiger partial charge in [-0.1, -0.05) is 60.7 Å². The highest BCUT2D eigenvalue weighted by Crippen LogP contribution is 2.23. The van der Waals surface area contributed by atoms with E-state index in [1.807, 2.05) is 60.7 Å². The van der Waals surface area contributed by atoms with Crippen LogP contribution in [0.25, 0.3) is 11.1 Å². The van der Waals surface area contributed by atoms with Crippen LogP contribution in [0.3, 0.4) is 0 Å². The van der Waals surface area contributed by atoms with Crippen LogP contribution in [0, 0.1) is 0 Å². The number of nitrogens with two attached hydrogens (primary N) is 1. The minimum absolute atomic E-state index is 0.0423. The molecule has 6 heteroatoms. The fourth-order valence-corrected chi connectivity index (χ4v) is 2.81. The largest absolute Gasteiger partial charge is 0.480 e. The number of nitrogens with zero attached hydrogens (tertiary/aromatic N) is 1. The maximum atomic E-state index is 12.3. The number of carbonyl (C=O) groups excluding carboxylic acids is 1. The average Bonchev–Trinajstić information content (AvgIpc) is 3.17. The normalized spacial score (nSPS) is 12.9. The Labute approximate surface area is 156 Å². The highest BCUT2D eigenvalue weighted by Gasteiger charge is 2.33. The zero-order chi connectivity index (χ0) is 19.2. The van der Waals surface area contributed by atoms with Crippen LogP contribution in [0.4, 0.5) is 0 Å². The van der Waals surface area contributed by atoms with Gasteiger partial charge in [0.2, 0.25) is 0 Å². The van der Waals surface area contributed by atoms with Crippen molar-refractivity contribution in [3.63, 3.8) is 0 Å². The van der Waals surface area contributed by atoms with Crippen LogP contribution in [0.5, 0.6) is 0 Å². The van der Waals surface area contributed by atoms with Crippen molar-refractivity contribution in [1.29, 1.82) is 0 Å². The van der Waals surface area contributed by atoms with Crippen molar-refractivity contribution in [2.45, 2.75) is 18.7 Å². The van der Waals surface area contributed by atoms with Gasteiger partial charge in [-0.2, -0.15) is 0 Å². The molecule has 0 bridgehead atoms. The molecule has 2 unspecified atom stereocenters. The summed E-state index contributed by atoms with van der Waals surface area (Å²) in [5.74, 6) is -1.96. The topological polar surface area (TPSA) is 94.6 Å². The smallest absolute Gasteiger partial charge is 0.328 e. The van der Waals surface area contributed by atoms with Crippen molar-refractivity contribution >= 4 is 11.9 Å². The molecule has 3 N–H and O–H groups in total. The second kappa shape index (κ2) is 8.33. The van der Waals surface area contributed by atoms with Crippen LogP contribution >= 0.6 is 0 Å². The van der Waals surface area contributed by atoms with Crippen molar-refractivity contribution in [2.24, 2.45) is 5.73 Å². The van der Waals surface area contributed by atoms with Crippen molar-refractivity contribution in [3.05, 3.63) is 84.7 Å². The molecule has 0 amide bonds. The van der Waals surface area contributed by atoms with Gasteiger partial charge in [0.15, 0.2) is 6.04 Å².